The van der Waals surface area contributed by atoms with Crippen LogP contribution in [0.4, 0.5) is 0 Å². The summed E-state index contributed by atoms with van der Waals surface area (Å²) in [7, 11) is 0. The summed E-state index contributed by atoms with van der Waals surface area (Å²) in [5.41, 5.74) is 2.23. The van der Waals surface area contributed by atoms with Crippen LogP contribution in [-0.4, -0.2) is 35.8 Å². The van der Waals surface area contributed by atoms with E-state index in [-0.39, 0.29) is 18.5 Å². The summed E-state index contributed by atoms with van der Waals surface area (Å²) in [5, 5.41) is 16.1. The Balaban J connectivity index is 0.00000144. The Morgan fingerprint density at radius 2 is 2.29 bits per heavy atom. The first-order chi connectivity index (χ1) is 7.75. The number of hydrogen-bond donors (Lipinski definition) is 3. The number of rotatable bonds is 4. The third-order valence-electron chi connectivity index (χ3n) is 3.01. The minimum atomic E-state index is -0.205. The molecule has 0 bridgehead atoms. The summed E-state index contributed by atoms with van der Waals surface area (Å²) in [5.74, 6) is 0.332. The second-order valence-electron chi connectivity index (χ2n) is 4.42. The zero-order valence-electron chi connectivity index (χ0n) is 10.0. The van der Waals surface area contributed by atoms with Crippen LogP contribution in [0.15, 0.2) is 18.3 Å². The molecule has 17 heavy (non-hydrogen) atoms. The van der Waals surface area contributed by atoms with E-state index in [1.807, 2.05) is 19.2 Å². The zero-order valence-corrected chi connectivity index (χ0v) is 10.8. The fourth-order valence-corrected chi connectivity index (χ4v) is 1.93. The molecule has 1 fully saturated rings. The fraction of sp³-hybridized carbons (Fsp3) is 0.583. The van der Waals surface area contributed by atoms with Gasteiger partial charge < -0.3 is 15.7 Å². The second-order valence-corrected chi connectivity index (χ2v) is 4.42. The van der Waals surface area contributed by atoms with Gasteiger partial charge in [0.2, 0.25) is 0 Å². The predicted octanol–water partition coefficient (Wildman–Crippen LogP) is 0.482. The molecule has 5 heteroatoms. The first-order valence-electron chi connectivity index (χ1n) is 5.77. The van der Waals surface area contributed by atoms with Crippen molar-refractivity contribution in [1.29, 1.82) is 0 Å². The number of aliphatic hydroxyl groups excluding tert-OH is 1. The number of hydrogen-bond acceptors (Lipinski definition) is 4. The topological polar surface area (TPSA) is 57.2 Å². The number of aliphatic hydroxyl groups is 1. The Labute approximate surface area is 108 Å². The number of β-amino-alcohol motifs (C(OH)–C–C–N with tert-alkyl or cyclic N) is 1. The molecule has 0 saturated carbocycles. The van der Waals surface area contributed by atoms with Crippen molar-refractivity contribution in [2.45, 2.75) is 19.6 Å². The third kappa shape index (κ3) is 4.24. The molecule has 96 valence electrons. The van der Waals surface area contributed by atoms with Gasteiger partial charge in [0.15, 0.2) is 0 Å². The Bertz CT molecular complexity index is 331. The number of aryl methyl sites for hydroxylation is 1. The monoisotopic (exact) mass is 257 g/mol. The molecule has 0 amide bonds. The molecule has 2 atom stereocenters. The average Bonchev–Trinajstić information content (AvgIpc) is 2.68. The Hall–Kier alpha value is -0.680. The molecule has 2 unspecified atom stereocenters. The lowest BCUT2D eigenvalue weighted by Gasteiger charge is -2.13. The number of pyridine rings is 1. The zero-order chi connectivity index (χ0) is 11.4. The highest BCUT2D eigenvalue weighted by Gasteiger charge is 2.23. The van der Waals surface area contributed by atoms with E-state index >= 15 is 0 Å². The van der Waals surface area contributed by atoms with E-state index in [1.165, 1.54) is 5.56 Å². The van der Waals surface area contributed by atoms with Crippen molar-refractivity contribution < 1.29 is 5.11 Å². The van der Waals surface area contributed by atoms with Crippen LogP contribution in [-0.2, 0) is 6.54 Å². The highest BCUT2D eigenvalue weighted by molar-refractivity contribution is 5.85. The van der Waals surface area contributed by atoms with Crippen LogP contribution in [0.5, 0.6) is 0 Å². The maximum atomic E-state index is 9.61. The lowest BCUT2D eigenvalue weighted by atomic mass is 10.1. The van der Waals surface area contributed by atoms with Crippen molar-refractivity contribution >= 4 is 12.4 Å². The molecule has 0 aromatic carbocycles. The first kappa shape index (κ1) is 14.4. The van der Waals surface area contributed by atoms with E-state index < -0.39 is 0 Å². The average molecular weight is 258 g/mol. The van der Waals surface area contributed by atoms with Gasteiger partial charge in [-0.15, -0.1) is 12.4 Å². The highest BCUT2D eigenvalue weighted by Crippen LogP contribution is 2.07. The van der Waals surface area contributed by atoms with Gasteiger partial charge in [-0.25, -0.2) is 0 Å². The second kappa shape index (κ2) is 6.91. The van der Waals surface area contributed by atoms with E-state index in [2.05, 4.69) is 21.7 Å². The Morgan fingerprint density at radius 1 is 1.47 bits per heavy atom. The summed E-state index contributed by atoms with van der Waals surface area (Å²) < 4.78 is 0. The van der Waals surface area contributed by atoms with E-state index in [1.54, 1.807) is 0 Å². The summed E-state index contributed by atoms with van der Waals surface area (Å²) in [6.07, 6.45) is 1.69. The van der Waals surface area contributed by atoms with Gasteiger partial charge in [0.1, 0.15) is 0 Å². The van der Waals surface area contributed by atoms with Crippen LogP contribution >= 0.6 is 12.4 Å². The molecule has 1 saturated heterocycles. The van der Waals surface area contributed by atoms with E-state index in [4.69, 9.17) is 0 Å². The first-order valence-corrected chi connectivity index (χ1v) is 5.77. The summed E-state index contributed by atoms with van der Waals surface area (Å²) in [6, 6.07) is 4.10. The van der Waals surface area contributed by atoms with Crippen molar-refractivity contribution in [3.05, 3.63) is 29.6 Å². The van der Waals surface area contributed by atoms with Gasteiger partial charge in [-0.3, -0.25) is 4.98 Å². The standard InChI is InChI=1S/C12H19N3O.ClH/c1-9-2-3-10(5-15-9)4-13-6-11-7-14-8-12(11)16;/h2-3,5,11-14,16H,4,6-8H2,1H3;1H. The van der Waals surface area contributed by atoms with Crippen LogP contribution in [0.2, 0.25) is 0 Å². The minimum absolute atomic E-state index is 0. The SMILES string of the molecule is Cc1ccc(CNCC2CNCC2O)cn1.Cl. The maximum absolute atomic E-state index is 9.61. The smallest absolute Gasteiger partial charge is 0.0716 e. The van der Waals surface area contributed by atoms with Gasteiger partial charge >= 0.3 is 0 Å². The predicted molar refractivity (Wildman–Crippen MR) is 70.3 cm³/mol. The maximum Gasteiger partial charge on any atom is 0.0716 e. The molecular formula is C12H20ClN3O. The fourth-order valence-electron chi connectivity index (χ4n) is 1.93. The summed E-state index contributed by atoms with van der Waals surface area (Å²) in [6.45, 7) is 5.27. The van der Waals surface area contributed by atoms with E-state index in [0.29, 0.717) is 5.92 Å². The molecular weight excluding hydrogens is 238 g/mol. The van der Waals surface area contributed by atoms with Gasteiger partial charge in [-0.2, -0.15) is 0 Å². The molecule has 0 radical (unpaired) electrons. The Kier molecular flexibility index (Phi) is 5.85. The number of nitrogens with zero attached hydrogens (tertiary/aromatic N) is 1. The van der Waals surface area contributed by atoms with Crippen molar-refractivity contribution in [2.75, 3.05) is 19.6 Å². The minimum Gasteiger partial charge on any atom is -0.391 e. The van der Waals surface area contributed by atoms with Crippen LogP contribution in [0.3, 0.4) is 0 Å². The van der Waals surface area contributed by atoms with Crippen molar-refractivity contribution in [3.8, 4) is 0 Å². The van der Waals surface area contributed by atoms with Gasteiger partial charge in [0, 0.05) is 44.0 Å². The lowest BCUT2D eigenvalue weighted by Crippen LogP contribution is -2.30. The summed E-state index contributed by atoms with van der Waals surface area (Å²) >= 11 is 0. The third-order valence-corrected chi connectivity index (χ3v) is 3.01. The summed E-state index contributed by atoms with van der Waals surface area (Å²) in [4.78, 5) is 4.24. The highest BCUT2D eigenvalue weighted by atomic mass is 35.5. The number of aromatic nitrogens is 1. The van der Waals surface area contributed by atoms with Crippen LogP contribution in [0, 0.1) is 12.8 Å². The van der Waals surface area contributed by atoms with Gasteiger partial charge in [0.25, 0.3) is 0 Å². The van der Waals surface area contributed by atoms with Gasteiger partial charge in [-0.05, 0) is 18.6 Å². The quantitative estimate of drug-likeness (QED) is 0.735. The van der Waals surface area contributed by atoms with Crippen molar-refractivity contribution in [2.24, 2.45) is 5.92 Å². The molecule has 3 N–H and O–H groups in total. The molecule has 1 aromatic rings. The lowest BCUT2D eigenvalue weighted by molar-refractivity contribution is 0.146. The molecule has 1 aliphatic rings. The number of halogens is 1. The normalized spacial score (nSPS) is 23.4. The van der Waals surface area contributed by atoms with Crippen LogP contribution in [0.25, 0.3) is 0 Å². The largest absolute Gasteiger partial charge is 0.391 e. The number of nitrogens with one attached hydrogen (secondary N) is 2. The van der Waals surface area contributed by atoms with Gasteiger partial charge in [0.05, 0.1) is 6.10 Å². The molecule has 1 aromatic heterocycles. The molecule has 2 heterocycles. The van der Waals surface area contributed by atoms with Gasteiger partial charge in [-0.1, -0.05) is 6.07 Å². The van der Waals surface area contributed by atoms with Crippen molar-refractivity contribution in [3.63, 3.8) is 0 Å². The molecule has 1 aliphatic heterocycles. The van der Waals surface area contributed by atoms with Crippen molar-refractivity contribution in [1.82, 2.24) is 15.6 Å². The molecule has 0 spiro atoms. The van der Waals surface area contributed by atoms with Crippen LogP contribution < -0.4 is 10.6 Å². The molecule has 0 aliphatic carbocycles. The van der Waals surface area contributed by atoms with E-state index in [0.717, 1.165) is 31.9 Å². The Morgan fingerprint density at radius 3 is 2.88 bits per heavy atom. The van der Waals surface area contributed by atoms with E-state index in [9.17, 15) is 5.11 Å². The molecule has 2 rings (SSSR count). The molecule has 4 nitrogen and oxygen atoms in total. The van der Waals surface area contributed by atoms with Crippen LogP contribution in [0.1, 0.15) is 11.3 Å².